The normalized spacial score (nSPS) is 61.2. The van der Waals surface area contributed by atoms with Gasteiger partial charge in [-0.05, 0) is 85.9 Å². The van der Waals surface area contributed by atoms with Crippen molar-refractivity contribution in [2.24, 2.45) is 34.5 Å². The van der Waals surface area contributed by atoms with Crippen LogP contribution in [0.3, 0.4) is 0 Å². The van der Waals surface area contributed by atoms with E-state index in [1.54, 1.807) is 0 Å². The summed E-state index contributed by atoms with van der Waals surface area (Å²) in [6.07, 6.45) is 7.45. The fourth-order valence-electron chi connectivity index (χ4n) is 7.17. The van der Waals surface area contributed by atoms with E-state index in [0.717, 1.165) is 51.4 Å². The number of hydrogen-bond donors (Lipinski definition) is 3. The number of aliphatic hydroxyl groups is 3. The lowest BCUT2D eigenvalue weighted by Gasteiger charge is -2.62. The third kappa shape index (κ3) is 1.91. The summed E-state index contributed by atoms with van der Waals surface area (Å²) in [4.78, 5) is 0. The number of rotatable bonds is 0. The molecule has 4 fully saturated rings. The van der Waals surface area contributed by atoms with Gasteiger partial charge in [-0.15, -0.1) is 0 Å². The van der Waals surface area contributed by atoms with E-state index in [1.807, 2.05) is 0 Å². The van der Waals surface area contributed by atoms with Crippen molar-refractivity contribution >= 4 is 0 Å². The zero-order chi connectivity index (χ0) is 15.7. The van der Waals surface area contributed by atoms with E-state index in [-0.39, 0.29) is 29.1 Å². The first-order valence-electron chi connectivity index (χ1n) is 9.40. The predicted molar refractivity (Wildman–Crippen MR) is 85.1 cm³/mol. The lowest BCUT2D eigenvalue weighted by molar-refractivity contribution is -0.176. The van der Waals surface area contributed by atoms with Crippen molar-refractivity contribution in [3.05, 3.63) is 0 Å². The van der Waals surface area contributed by atoms with E-state index in [9.17, 15) is 15.3 Å². The van der Waals surface area contributed by atoms with Crippen LogP contribution < -0.4 is 0 Å². The number of hydrogen-bond acceptors (Lipinski definition) is 3. The molecule has 0 aromatic heterocycles. The minimum Gasteiger partial charge on any atom is -0.393 e. The molecular weight excluding hydrogens is 276 g/mol. The molecular formula is C19H32O3. The monoisotopic (exact) mass is 308 g/mol. The average molecular weight is 308 g/mol. The molecule has 4 aliphatic rings. The Morgan fingerprint density at radius 2 is 1.45 bits per heavy atom. The Morgan fingerprint density at radius 1 is 0.773 bits per heavy atom. The highest BCUT2D eigenvalue weighted by Crippen LogP contribution is 2.66. The highest BCUT2D eigenvalue weighted by Gasteiger charge is 2.62. The molecule has 0 heterocycles. The summed E-state index contributed by atoms with van der Waals surface area (Å²) in [5.74, 6) is 1.91. The van der Waals surface area contributed by atoms with Gasteiger partial charge in [0.2, 0.25) is 0 Å². The van der Waals surface area contributed by atoms with Gasteiger partial charge in [-0.1, -0.05) is 13.8 Å². The maximum atomic E-state index is 10.9. The molecule has 4 rings (SSSR count). The van der Waals surface area contributed by atoms with Crippen LogP contribution in [-0.4, -0.2) is 33.6 Å². The summed E-state index contributed by atoms with van der Waals surface area (Å²) >= 11 is 0. The zero-order valence-electron chi connectivity index (χ0n) is 14.0. The number of aliphatic hydroxyl groups excluding tert-OH is 3. The second-order valence-electron chi connectivity index (χ2n) is 9.36. The van der Waals surface area contributed by atoms with Gasteiger partial charge >= 0.3 is 0 Å². The van der Waals surface area contributed by atoms with Crippen molar-refractivity contribution in [1.29, 1.82) is 0 Å². The Morgan fingerprint density at radius 3 is 2.23 bits per heavy atom. The van der Waals surface area contributed by atoms with Crippen LogP contribution in [0, 0.1) is 34.5 Å². The topological polar surface area (TPSA) is 60.7 Å². The van der Waals surface area contributed by atoms with Crippen LogP contribution in [0.4, 0.5) is 0 Å². The van der Waals surface area contributed by atoms with E-state index in [2.05, 4.69) is 13.8 Å². The maximum absolute atomic E-state index is 10.9. The molecule has 9 atom stereocenters. The van der Waals surface area contributed by atoms with Crippen molar-refractivity contribution in [2.75, 3.05) is 0 Å². The van der Waals surface area contributed by atoms with E-state index in [0.29, 0.717) is 23.7 Å². The fourth-order valence-corrected chi connectivity index (χ4v) is 7.17. The lowest BCUT2D eigenvalue weighted by Crippen LogP contribution is -2.58. The average Bonchev–Trinajstić information content (AvgIpc) is 2.77. The van der Waals surface area contributed by atoms with E-state index in [1.165, 1.54) is 0 Å². The minimum absolute atomic E-state index is 0.0273. The van der Waals surface area contributed by atoms with Gasteiger partial charge in [0.05, 0.1) is 18.3 Å². The molecule has 4 saturated carbocycles. The maximum Gasteiger partial charge on any atom is 0.0596 e. The van der Waals surface area contributed by atoms with E-state index < -0.39 is 0 Å². The van der Waals surface area contributed by atoms with Gasteiger partial charge in [-0.2, -0.15) is 0 Å². The van der Waals surface area contributed by atoms with Crippen LogP contribution in [-0.2, 0) is 0 Å². The molecule has 0 amide bonds. The van der Waals surface area contributed by atoms with Gasteiger partial charge in [0.1, 0.15) is 0 Å². The summed E-state index contributed by atoms with van der Waals surface area (Å²) in [6, 6.07) is 0. The first kappa shape index (κ1) is 15.4. The second kappa shape index (κ2) is 4.94. The molecule has 0 aromatic carbocycles. The van der Waals surface area contributed by atoms with Crippen molar-refractivity contribution in [1.82, 2.24) is 0 Å². The third-order valence-corrected chi connectivity index (χ3v) is 8.61. The van der Waals surface area contributed by atoms with E-state index in [4.69, 9.17) is 0 Å². The second-order valence-corrected chi connectivity index (χ2v) is 9.36. The molecule has 126 valence electrons. The standard InChI is InChI=1S/C19H32O3/c1-18-7-5-12(20)9-11(18)10-15(21)17-13-3-4-16(22)19(13,2)8-6-14(17)18/h11-17,20-22H,3-10H2,1-2H3/t11?,12-,13?,14?,15?,16?,17?,18?,19?/m1/s1. The molecule has 3 nitrogen and oxygen atoms in total. The van der Waals surface area contributed by atoms with Crippen LogP contribution in [0.2, 0.25) is 0 Å². The summed E-state index contributed by atoms with van der Waals surface area (Å²) in [5.41, 5.74) is 0.317. The highest BCUT2D eigenvalue weighted by atomic mass is 16.3. The molecule has 0 aliphatic heterocycles. The van der Waals surface area contributed by atoms with Crippen LogP contribution in [0.5, 0.6) is 0 Å². The molecule has 8 unspecified atom stereocenters. The van der Waals surface area contributed by atoms with Crippen LogP contribution >= 0.6 is 0 Å². The first-order valence-corrected chi connectivity index (χ1v) is 9.40. The van der Waals surface area contributed by atoms with Crippen molar-refractivity contribution in [3.8, 4) is 0 Å². The minimum atomic E-state index is -0.233. The van der Waals surface area contributed by atoms with Gasteiger partial charge in [-0.3, -0.25) is 0 Å². The lowest BCUT2D eigenvalue weighted by atomic mass is 9.44. The fraction of sp³-hybridized carbons (Fsp3) is 1.00. The van der Waals surface area contributed by atoms with E-state index >= 15 is 0 Å². The predicted octanol–water partition coefficient (Wildman–Crippen LogP) is 2.72. The summed E-state index contributed by atoms with van der Waals surface area (Å²) in [7, 11) is 0. The summed E-state index contributed by atoms with van der Waals surface area (Å²) < 4.78 is 0. The van der Waals surface area contributed by atoms with Gasteiger partial charge in [0.15, 0.2) is 0 Å². The zero-order valence-corrected chi connectivity index (χ0v) is 14.0. The molecule has 22 heavy (non-hydrogen) atoms. The largest absolute Gasteiger partial charge is 0.393 e. The summed E-state index contributed by atoms with van der Waals surface area (Å²) in [5, 5.41) is 31.5. The van der Waals surface area contributed by atoms with Gasteiger partial charge in [0, 0.05) is 0 Å². The van der Waals surface area contributed by atoms with Gasteiger partial charge in [-0.25, -0.2) is 0 Å². The van der Waals surface area contributed by atoms with Gasteiger partial charge in [0.25, 0.3) is 0 Å². The SMILES string of the molecule is CC12CCC3C(C(O)CC4C[C@H](O)CCC43C)C1CCC2O. The molecule has 4 aliphatic carbocycles. The molecule has 0 saturated heterocycles. The Balaban J connectivity index is 1.67. The molecule has 0 spiro atoms. The Kier molecular flexibility index (Phi) is 3.46. The summed E-state index contributed by atoms with van der Waals surface area (Å²) in [6.45, 7) is 4.69. The first-order chi connectivity index (χ1) is 10.4. The van der Waals surface area contributed by atoms with Crippen molar-refractivity contribution in [2.45, 2.75) is 83.5 Å². The van der Waals surface area contributed by atoms with Gasteiger partial charge < -0.3 is 15.3 Å². The Hall–Kier alpha value is -0.120. The molecule has 3 N–H and O–H groups in total. The van der Waals surface area contributed by atoms with Crippen molar-refractivity contribution in [3.63, 3.8) is 0 Å². The van der Waals surface area contributed by atoms with Crippen LogP contribution in [0.25, 0.3) is 0 Å². The Labute approximate surface area is 134 Å². The van der Waals surface area contributed by atoms with Crippen LogP contribution in [0.15, 0.2) is 0 Å². The highest BCUT2D eigenvalue weighted by molar-refractivity contribution is 5.11. The molecule has 0 radical (unpaired) electrons. The molecule has 3 heteroatoms. The third-order valence-electron chi connectivity index (χ3n) is 8.61. The van der Waals surface area contributed by atoms with Crippen LogP contribution in [0.1, 0.15) is 65.2 Å². The molecule has 0 aromatic rings. The Bertz CT molecular complexity index is 452. The quantitative estimate of drug-likeness (QED) is 0.645. The number of fused-ring (bicyclic) bond motifs is 5. The smallest absolute Gasteiger partial charge is 0.0596 e. The molecule has 0 bridgehead atoms. The van der Waals surface area contributed by atoms with Crippen molar-refractivity contribution < 1.29 is 15.3 Å².